The van der Waals surface area contributed by atoms with Gasteiger partial charge in [-0.15, -0.1) is 0 Å². The van der Waals surface area contributed by atoms with Crippen LogP contribution in [-0.4, -0.2) is 12.7 Å². The highest BCUT2D eigenvalue weighted by atomic mass is 16.5. The molecule has 1 aromatic rings. The van der Waals surface area contributed by atoms with Gasteiger partial charge >= 0.3 is 6.09 Å². The molecule has 0 unspecified atom stereocenters. The van der Waals surface area contributed by atoms with Gasteiger partial charge in [0.15, 0.2) is 0 Å². The van der Waals surface area contributed by atoms with Crippen LogP contribution in [0, 0.1) is 0 Å². The number of amides is 1. The number of aryl methyl sites for hydroxylation is 1. The molecule has 0 saturated heterocycles. The fourth-order valence-electron chi connectivity index (χ4n) is 1.33. The number of ether oxygens (including phenoxy) is 1. The summed E-state index contributed by atoms with van der Waals surface area (Å²) in [5.41, 5.74) is 2.02. The van der Waals surface area contributed by atoms with E-state index in [1.807, 2.05) is 24.3 Å². The van der Waals surface area contributed by atoms with Crippen molar-refractivity contribution >= 4 is 11.8 Å². The van der Waals surface area contributed by atoms with E-state index >= 15 is 0 Å². The van der Waals surface area contributed by atoms with E-state index in [4.69, 9.17) is 4.74 Å². The molecule has 0 bridgehead atoms. The van der Waals surface area contributed by atoms with E-state index in [0.29, 0.717) is 0 Å². The molecule has 1 rings (SSSR count). The van der Waals surface area contributed by atoms with Gasteiger partial charge in [0.2, 0.25) is 0 Å². The Kier molecular flexibility index (Phi) is 5.12. The molecule has 0 aromatic heterocycles. The SMILES string of the molecule is C=CCOC(=O)Nc1ccc(CCC)cc1. The predicted molar refractivity (Wildman–Crippen MR) is 65.6 cm³/mol. The minimum Gasteiger partial charge on any atom is -0.445 e. The zero-order valence-corrected chi connectivity index (χ0v) is 9.53. The van der Waals surface area contributed by atoms with Crippen LogP contribution in [0.1, 0.15) is 18.9 Å². The number of hydrogen-bond donors (Lipinski definition) is 1. The number of hydrogen-bond acceptors (Lipinski definition) is 2. The zero-order chi connectivity index (χ0) is 11.8. The minimum absolute atomic E-state index is 0.222. The van der Waals surface area contributed by atoms with Crippen LogP contribution in [0.25, 0.3) is 0 Å². The second kappa shape index (κ2) is 6.67. The Hall–Kier alpha value is -1.77. The highest BCUT2D eigenvalue weighted by Crippen LogP contribution is 2.11. The van der Waals surface area contributed by atoms with Crippen LogP contribution in [0.3, 0.4) is 0 Å². The number of carbonyl (C=O) groups is 1. The van der Waals surface area contributed by atoms with E-state index in [0.717, 1.165) is 18.5 Å². The molecule has 3 heteroatoms. The Balaban J connectivity index is 2.48. The fourth-order valence-corrected chi connectivity index (χ4v) is 1.33. The fraction of sp³-hybridized carbons (Fsp3) is 0.308. The van der Waals surface area contributed by atoms with Crippen molar-refractivity contribution < 1.29 is 9.53 Å². The highest BCUT2D eigenvalue weighted by Gasteiger charge is 2.01. The van der Waals surface area contributed by atoms with Gasteiger partial charge < -0.3 is 4.74 Å². The van der Waals surface area contributed by atoms with Crippen molar-refractivity contribution in [1.29, 1.82) is 0 Å². The number of rotatable bonds is 5. The van der Waals surface area contributed by atoms with Gasteiger partial charge in [-0.3, -0.25) is 5.32 Å². The molecule has 0 aliphatic rings. The summed E-state index contributed by atoms with van der Waals surface area (Å²) in [6.07, 6.45) is 3.25. The molecule has 1 N–H and O–H groups in total. The minimum atomic E-state index is -0.455. The van der Waals surface area contributed by atoms with E-state index in [9.17, 15) is 4.79 Å². The first kappa shape index (κ1) is 12.3. The number of carbonyl (C=O) groups excluding carboxylic acids is 1. The topological polar surface area (TPSA) is 38.3 Å². The van der Waals surface area contributed by atoms with Crippen LogP contribution in [0.4, 0.5) is 10.5 Å². The molecule has 0 spiro atoms. The molecule has 3 nitrogen and oxygen atoms in total. The first-order valence-corrected chi connectivity index (χ1v) is 5.40. The third-order valence-electron chi connectivity index (χ3n) is 2.07. The van der Waals surface area contributed by atoms with Gasteiger partial charge in [0.25, 0.3) is 0 Å². The number of nitrogens with one attached hydrogen (secondary N) is 1. The Bertz CT molecular complexity index is 343. The van der Waals surface area contributed by atoms with E-state index in [2.05, 4.69) is 18.8 Å². The van der Waals surface area contributed by atoms with Crippen LogP contribution < -0.4 is 5.32 Å². The molecule has 1 amide bonds. The monoisotopic (exact) mass is 219 g/mol. The molecule has 1 aromatic carbocycles. The smallest absolute Gasteiger partial charge is 0.411 e. The lowest BCUT2D eigenvalue weighted by molar-refractivity contribution is 0.174. The number of anilines is 1. The van der Waals surface area contributed by atoms with E-state index < -0.39 is 6.09 Å². The molecule has 0 atom stereocenters. The molecule has 0 radical (unpaired) electrons. The summed E-state index contributed by atoms with van der Waals surface area (Å²) in [5, 5.41) is 2.64. The highest BCUT2D eigenvalue weighted by molar-refractivity contribution is 5.84. The molecule has 0 aliphatic heterocycles. The molecular formula is C13H17NO2. The summed E-state index contributed by atoms with van der Waals surface area (Å²) in [6.45, 7) is 5.83. The van der Waals surface area contributed by atoms with Gasteiger partial charge in [-0.1, -0.05) is 38.1 Å². The average molecular weight is 219 g/mol. The second-order valence-corrected chi connectivity index (χ2v) is 3.46. The maximum absolute atomic E-state index is 11.2. The zero-order valence-electron chi connectivity index (χ0n) is 9.53. The van der Waals surface area contributed by atoms with Gasteiger partial charge in [-0.25, -0.2) is 4.79 Å². The van der Waals surface area contributed by atoms with Gasteiger partial charge in [0, 0.05) is 5.69 Å². The van der Waals surface area contributed by atoms with Crippen molar-refractivity contribution in [3.8, 4) is 0 Å². The van der Waals surface area contributed by atoms with Crippen molar-refractivity contribution in [2.24, 2.45) is 0 Å². The van der Waals surface area contributed by atoms with Crippen LogP contribution in [0.15, 0.2) is 36.9 Å². The lowest BCUT2D eigenvalue weighted by Gasteiger charge is -2.06. The first-order valence-electron chi connectivity index (χ1n) is 5.40. The Labute approximate surface area is 96.1 Å². The molecule has 0 aliphatic carbocycles. The Morgan fingerprint density at radius 1 is 1.44 bits per heavy atom. The maximum atomic E-state index is 11.2. The Morgan fingerprint density at radius 2 is 2.12 bits per heavy atom. The summed E-state index contributed by atoms with van der Waals surface area (Å²) < 4.78 is 4.80. The van der Waals surface area contributed by atoms with Gasteiger partial charge in [0.05, 0.1) is 0 Å². The first-order chi connectivity index (χ1) is 7.76. The van der Waals surface area contributed by atoms with Crippen molar-refractivity contribution in [3.63, 3.8) is 0 Å². The van der Waals surface area contributed by atoms with Crippen molar-refractivity contribution in [1.82, 2.24) is 0 Å². The maximum Gasteiger partial charge on any atom is 0.411 e. The molecule has 86 valence electrons. The van der Waals surface area contributed by atoms with Crippen molar-refractivity contribution in [3.05, 3.63) is 42.5 Å². The van der Waals surface area contributed by atoms with Gasteiger partial charge in [0.1, 0.15) is 6.61 Å². The summed E-state index contributed by atoms with van der Waals surface area (Å²) in [7, 11) is 0. The summed E-state index contributed by atoms with van der Waals surface area (Å²) in [4.78, 5) is 11.2. The third kappa shape index (κ3) is 4.17. The molecule has 0 heterocycles. The summed E-state index contributed by atoms with van der Waals surface area (Å²) in [5.74, 6) is 0. The number of benzene rings is 1. The second-order valence-electron chi connectivity index (χ2n) is 3.46. The molecule has 0 fully saturated rings. The van der Waals surface area contributed by atoms with Crippen molar-refractivity contribution in [2.45, 2.75) is 19.8 Å². The Morgan fingerprint density at radius 3 is 2.69 bits per heavy atom. The van der Waals surface area contributed by atoms with Crippen LogP contribution in [0.2, 0.25) is 0 Å². The van der Waals surface area contributed by atoms with Gasteiger partial charge in [-0.2, -0.15) is 0 Å². The lowest BCUT2D eigenvalue weighted by Crippen LogP contribution is -2.13. The van der Waals surface area contributed by atoms with E-state index in [1.54, 1.807) is 0 Å². The third-order valence-corrected chi connectivity index (χ3v) is 2.07. The van der Waals surface area contributed by atoms with E-state index in [-0.39, 0.29) is 6.61 Å². The quantitative estimate of drug-likeness (QED) is 0.771. The normalized spacial score (nSPS) is 9.56. The van der Waals surface area contributed by atoms with Crippen LogP contribution >= 0.6 is 0 Å². The van der Waals surface area contributed by atoms with Crippen LogP contribution in [0.5, 0.6) is 0 Å². The standard InChI is InChI=1S/C13H17NO2/c1-3-5-11-6-8-12(9-7-11)14-13(15)16-10-4-2/h4,6-9H,2-3,5,10H2,1H3,(H,14,15). The summed E-state index contributed by atoms with van der Waals surface area (Å²) >= 11 is 0. The molecule has 16 heavy (non-hydrogen) atoms. The lowest BCUT2D eigenvalue weighted by atomic mass is 10.1. The van der Waals surface area contributed by atoms with Crippen LogP contribution in [-0.2, 0) is 11.2 Å². The molecule has 0 saturated carbocycles. The molecular weight excluding hydrogens is 202 g/mol. The largest absolute Gasteiger partial charge is 0.445 e. The van der Waals surface area contributed by atoms with Crippen molar-refractivity contribution in [2.75, 3.05) is 11.9 Å². The van der Waals surface area contributed by atoms with E-state index in [1.165, 1.54) is 11.6 Å². The average Bonchev–Trinajstić information content (AvgIpc) is 2.29. The van der Waals surface area contributed by atoms with Gasteiger partial charge in [-0.05, 0) is 24.1 Å². The summed E-state index contributed by atoms with van der Waals surface area (Å²) in [6, 6.07) is 7.76. The predicted octanol–water partition coefficient (Wildman–Crippen LogP) is 3.37.